The molecule has 182 valence electrons. The van der Waals surface area contributed by atoms with Crippen LogP contribution >= 0.6 is 11.6 Å². The van der Waals surface area contributed by atoms with Crippen LogP contribution in [0.15, 0.2) is 72.9 Å². The molecule has 3 heterocycles. The van der Waals surface area contributed by atoms with Gasteiger partial charge in [0.1, 0.15) is 11.6 Å². The number of anilines is 1. The van der Waals surface area contributed by atoms with Crippen molar-refractivity contribution in [1.29, 1.82) is 0 Å². The van der Waals surface area contributed by atoms with Crippen LogP contribution in [0.3, 0.4) is 0 Å². The molecule has 36 heavy (non-hydrogen) atoms. The molecule has 4 aromatic rings. The third-order valence-corrected chi connectivity index (χ3v) is 6.13. The Balaban J connectivity index is 1.47. The normalized spacial score (nSPS) is 15.0. The van der Waals surface area contributed by atoms with Crippen LogP contribution < -0.4 is 16.0 Å². The maximum atomic E-state index is 14.6. The first kappa shape index (κ1) is 23.7. The number of amides is 2. The monoisotopic (exact) mass is 504 g/mol. The number of carbonyl (C=O) groups is 2. The van der Waals surface area contributed by atoms with E-state index in [0.29, 0.717) is 17.9 Å². The Morgan fingerprint density at radius 3 is 2.58 bits per heavy atom. The molecule has 1 fully saturated rings. The summed E-state index contributed by atoms with van der Waals surface area (Å²) < 4.78 is 16.1. The first-order valence-corrected chi connectivity index (χ1v) is 11.8. The van der Waals surface area contributed by atoms with E-state index >= 15 is 0 Å². The van der Waals surface area contributed by atoms with Crippen molar-refractivity contribution in [2.24, 2.45) is 0 Å². The molecule has 0 bridgehead atoms. The molecular formula is C26H22ClFN6O2. The minimum atomic E-state index is -0.593. The maximum Gasteiger partial charge on any atom is 0.272 e. The molecule has 8 nitrogen and oxygen atoms in total. The Hall–Kier alpha value is -4.08. The quantitative estimate of drug-likeness (QED) is 0.367. The molecule has 0 radical (unpaired) electrons. The molecule has 5 rings (SSSR count). The zero-order valence-corrected chi connectivity index (χ0v) is 19.8. The third kappa shape index (κ3) is 4.98. The largest absolute Gasteiger partial charge is 0.347 e. The lowest BCUT2D eigenvalue weighted by Gasteiger charge is -2.11. The van der Waals surface area contributed by atoms with Crippen LogP contribution in [-0.2, 0) is 0 Å². The highest BCUT2D eigenvalue weighted by molar-refractivity contribution is 6.34. The SMILES string of the molecule is O=C(N[C@@H]1CCNC1)c1cc(NC(=O)c2cc(-c3ccccn3)c(F)cc2Cl)n(-c2ccccc2)n1. The van der Waals surface area contributed by atoms with Crippen molar-refractivity contribution in [2.75, 3.05) is 18.4 Å². The number of nitrogens with one attached hydrogen (secondary N) is 3. The van der Waals surface area contributed by atoms with Crippen LogP contribution in [-0.4, -0.2) is 45.7 Å². The Labute approximate surface area is 211 Å². The van der Waals surface area contributed by atoms with Crippen LogP contribution in [0.2, 0.25) is 5.02 Å². The predicted molar refractivity (Wildman–Crippen MR) is 135 cm³/mol. The van der Waals surface area contributed by atoms with Gasteiger partial charge in [-0.1, -0.05) is 35.9 Å². The highest BCUT2D eigenvalue weighted by atomic mass is 35.5. The van der Waals surface area contributed by atoms with E-state index in [9.17, 15) is 14.0 Å². The van der Waals surface area contributed by atoms with Gasteiger partial charge in [0.15, 0.2) is 5.69 Å². The van der Waals surface area contributed by atoms with Crippen LogP contribution in [0.25, 0.3) is 16.9 Å². The number of nitrogens with zero attached hydrogens (tertiary/aromatic N) is 3. The van der Waals surface area contributed by atoms with Crippen molar-refractivity contribution < 1.29 is 14.0 Å². The summed E-state index contributed by atoms with van der Waals surface area (Å²) in [5.74, 6) is -1.25. The van der Waals surface area contributed by atoms with Crippen LogP contribution in [0.5, 0.6) is 0 Å². The van der Waals surface area contributed by atoms with E-state index in [-0.39, 0.29) is 39.6 Å². The smallest absolute Gasteiger partial charge is 0.272 e. The van der Waals surface area contributed by atoms with Gasteiger partial charge in [0.2, 0.25) is 0 Å². The fourth-order valence-electron chi connectivity index (χ4n) is 4.01. The van der Waals surface area contributed by atoms with Gasteiger partial charge in [0.05, 0.1) is 22.0 Å². The molecule has 0 unspecified atom stereocenters. The summed E-state index contributed by atoms with van der Waals surface area (Å²) >= 11 is 6.24. The highest BCUT2D eigenvalue weighted by Crippen LogP contribution is 2.28. The summed E-state index contributed by atoms with van der Waals surface area (Å²) in [6, 6.07) is 18.1. The summed E-state index contributed by atoms with van der Waals surface area (Å²) in [5, 5.41) is 13.3. The Kier molecular flexibility index (Phi) is 6.75. The molecule has 0 aliphatic carbocycles. The number of hydrogen-bond donors (Lipinski definition) is 3. The molecule has 0 saturated carbocycles. The molecule has 3 N–H and O–H groups in total. The molecule has 2 aromatic carbocycles. The van der Waals surface area contributed by atoms with Crippen molar-refractivity contribution in [3.8, 4) is 16.9 Å². The Morgan fingerprint density at radius 2 is 1.86 bits per heavy atom. The second kappa shape index (κ2) is 10.3. The minimum Gasteiger partial charge on any atom is -0.347 e. The summed E-state index contributed by atoms with van der Waals surface area (Å²) in [6.07, 6.45) is 2.37. The van der Waals surface area contributed by atoms with Crippen molar-refractivity contribution in [3.05, 3.63) is 95.0 Å². The lowest BCUT2D eigenvalue weighted by molar-refractivity contribution is 0.0933. The number of pyridine rings is 1. The third-order valence-electron chi connectivity index (χ3n) is 5.82. The van der Waals surface area contributed by atoms with Gasteiger partial charge in [-0.3, -0.25) is 14.6 Å². The highest BCUT2D eigenvalue weighted by Gasteiger charge is 2.23. The van der Waals surface area contributed by atoms with E-state index in [0.717, 1.165) is 19.0 Å². The van der Waals surface area contributed by atoms with Crippen molar-refractivity contribution in [3.63, 3.8) is 0 Å². The number of benzene rings is 2. The fraction of sp³-hybridized carbons (Fsp3) is 0.154. The Morgan fingerprint density at radius 1 is 1.06 bits per heavy atom. The first-order valence-electron chi connectivity index (χ1n) is 11.4. The summed E-state index contributed by atoms with van der Waals surface area (Å²) in [6.45, 7) is 1.53. The Bertz CT molecular complexity index is 1400. The topological polar surface area (TPSA) is 101 Å². The minimum absolute atomic E-state index is 0.0143. The predicted octanol–water partition coefficient (Wildman–Crippen LogP) is 4.07. The van der Waals surface area contributed by atoms with Gasteiger partial charge < -0.3 is 16.0 Å². The van der Waals surface area contributed by atoms with Crippen LogP contribution in [0, 0.1) is 5.82 Å². The number of aromatic nitrogens is 3. The molecule has 1 saturated heterocycles. The average molecular weight is 505 g/mol. The van der Waals surface area contributed by atoms with Crippen molar-refractivity contribution in [1.82, 2.24) is 25.4 Å². The molecule has 1 atom stereocenters. The summed E-state index contributed by atoms with van der Waals surface area (Å²) in [5.41, 5.74) is 1.37. The lowest BCUT2D eigenvalue weighted by Crippen LogP contribution is -2.36. The van der Waals surface area contributed by atoms with E-state index < -0.39 is 11.7 Å². The van der Waals surface area contributed by atoms with Crippen LogP contribution in [0.4, 0.5) is 10.2 Å². The van der Waals surface area contributed by atoms with Gasteiger partial charge >= 0.3 is 0 Å². The standard InChI is InChI=1S/C26H22ClFN6O2/c27-20-13-21(28)19(22-8-4-5-10-30-22)12-18(20)25(35)32-24-14-23(26(36)31-16-9-11-29-15-16)33-34(24)17-6-2-1-3-7-17/h1-8,10,12-14,16,29H,9,11,15H2,(H,31,36)(H,32,35)/t16-/m1/s1. The number of carbonyl (C=O) groups excluding carboxylic acids is 2. The fourth-order valence-corrected chi connectivity index (χ4v) is 4.25. The molecule has 0 spiro atoms. The lowest BCUT2D eigenvalue weighted by atomic mass is 10.1. The first-order chi connectivity index (χ1) is 17.5. The van der Waals surface area contributed by atoms with Gasteiger partial charge in [-0.05, 0) is 49.4 Å². The zero-order chi connectivity index (χ0) is 25.1. The second-order valence-electron chi connectivity index (χ2n) is 8.31. The van der Waals surface area contributed by atoms with Crippen molar-refractivity contribution in [2.45, 2.75) is 12.5 Å². The maximum absolute atomic E-state index is 14.6. The van der Waals surface area contributed by atoms with Gasteiger partial charge in [-0.2, -0.15) is 5.10 Å². The zero-order valence-electron chi connectivity index (χ0n) is 19.0. The van der Waals surface area contributed by atoms with E-state index in [1.165, 1.54) is 23.0 Å². The molecule has 10 heteroatoms. The molecule has 2 aromatic heterocycles. The molecular weight excluding hydrogens is 483 g/mol. The van der Waals surface area contributed by atoms with Crippen LogP contribution in [0.1, 0.15) is 27.3 Å². The number of halogens is 2. The molecule has 1 aliphatic rings. The van der Waals surface area contributed by atoms with Gasteiger partial charge in [-0.25, -0.2) is 9.07 Å². The van der Waals surface area contributed by atoms with Gasteiger partial charge in [0.25, 0.3) is 11.8 Å². The number of hydrogen-bond acceptors (Lipinski definition) is 5. The average Bonchev–Trinajstić information content (AvgIpc) is 3.55. The van der Waals surface area contributed by atoms with E-state index in [1.54, 1.807) is 30.3 Å². The number of rotatable bonds is 6. The van der Waals surface area contributed by atoms with E-state index in [1.807, 2.05) is 18.2 Å². The van der Waals surface area contributed by atoms with E-state index in [4.69, 9.17) is 11.6 Å². The van der Waals surface area contributed by atoms with E-state index in [2.05, 4.69) is 26.0 Å². The summed E-state index contributed by atoms with van der Waals surface area (Å²) in [4.78, 5) is 30.3. The van der Waals surface area contributed by atoms with Gasteiger partial charge in [-0.15, -0.1) is 0 Å². The molecule has 1 aliphatic heterocycles. The van der Waals surface area contributed by atoms with Crippen molar-refractivity contribution >= 4 is 29.2 Å². The molecule has 2 amide bonds. The summed E-state index contributed by atoms with van der Waals surface area (Å²) in [7, 11) is 0. The number of para-hydroxylation sites is 1. The van der Waals surface area contributed by atoms with Gasteiger partial charge in [0, 0.05) is 30.4 Å². The second-order valence-corrected chi connectivity index (χ2v) is 8.71.